The van der Waals surface area contributed by atoms with E-state index in [0.29, 0.717) is 19.5 Å². The van der Waals surface area contributed by atoms with Gasteiger partial charge in [-0.1, -0.05) is 19.1 Å². The molecule has 5 heteroatoms. The summed E-state index contributed by atoms with van der Waals surface area (Å²) in [4.78, 5) is 28.0. The van der Waals surface area contributed by atoms with Crippen molar-refractivity contribution in [3.63, 3.8) is 0 Å². The minimum Gasteiger partial charge on any atom is -0.355 e. The summed E-state index contributed by atoms with van der Waals surface area (Å²) in [6.45, 7) is 3.98. The molecule has 0 bridgehead atoms. The first-order valence-corrected chi connectivity index (χ1v) is 7.83. The number of nitrogens with one attached hydrogen (secondary N) is 1. The third-order valence-corrected chi connectivity index (χ3v) is 4.01. The van der Waals surface area contributed by atoms with Gasteiger partial charge in [-0.05, 0) is 38.2 Å². The summed E-state index contributed by atoms with van der Waals surface area (Å²) in [5.41, 5.74) is 2.12. The molecule has 120 valence electrons. The predicted molar refractivity (Wildman–Crippen MR) is 87.8 cm³/mol. The molecule has 1 aromatic carbocycles. The van der Waals surface area contributed by atoms with Gasteiger partial charge in [0.05, 0.1) is 5.92 Å². The zero-order chi connectivity index (χ0) is 16.1. The van der Waals surface area contributed by atoms with Crippen LogP contribution in [0.1, 0.15) is 18.9 Å². The van der Waals surface area contributed by atoms with Gasteiger partial charge in [0.2, 0.25) is 11.8 Å². The molecule has 0 spiro atoms. The average molecular weight is 303 g/mol. The molecule has 5 nitrogen and oxygen atoms in total. The maximum absolute atomic E-state index is 12.2. The van der Waals surface area contributed by atoms with E-state index in [1.807, 2.05) is 43.3 Å². The molecule has 0 saturated carbocycles. The minimum atomic E-state index is -0.250. The fourth-order valence-corrected chi connectivity index (χ4v) is 2.59. The van der Waals surface area contributed by atoms with Crippen molar-refractivity contribution < 1.29 is 9.59 Å². The van der Waals surface area contributed by atoms with Crippen molar-refractivity contribution in [3.05, 3.63) is 29.8 Å². The number of aryl methyl sites for hydroxylation is 1. The summed E-state index contributed by atoms with van der Waals surface area (Å²) < 4.78 is 0. The molecule has 1 saturated heterocycles. The van der Waals surface area contributed by atoms with Gasteiger partial charge in [0.15, 0.2) is 0 Å². The molecular weight excluding hydrogens is 278 g/mol. The Hall–Kier alpha value is -1.88. The average Bonchev–Trinajstić information content (AvgIpc) is 2.89. The van der Waals surface area contributed by atoms with Crippen LogP contribution in [0.3, 0.4) is 0 Å². The van der Waals surface area contributed by atoms with E-state index in [1.165, 1.54) is 5.56 Å². The van der Waals surface area contributed by atoms with Gasteiger partial charge in [0, 0.05) is 31.7 Å². The topological polar surface area (TPSA) is 52.7 Å². The second-order valence-corrected chi connectivity index (χ2v) is 6.02. The van der Waals surface area contributed by atoms with Gasteiger partial charge in [-0.15, -0.1) is 0 Å². The lowest BCUT2D eigenvalue weighted by Crippen LogP contribution is -2.36. The van der Waals surface area contributed by atoms with E-state index in [-0.39, 0.29) is 17.7 Å². The first kappa shape index (κ1) is 16.5. The van der Waals surface area contributed by atoms with E-state index in [2.05, 4.69) is 12.2 Å². The smallest absolute Gasteiger partial charge is 0.227 e. The molecule has 22 heavy (non-hydrogen) atoms. The summed E-state index contributed by atoms with van der Waals surface area (Å²) in [6, 6.07) is 7.99. The lowest BCUT2D eigenvalue weighted by Gasteiger charge is -2.17. The molecule has 1 N–H and O–H groups in total. The van der Waals surface area contributed by atoms with Crippen molar-refractivity contribution in [3.8, 4) is 0 Å². The molecule has 1 aliphatic rings. The van der Waals surface area contributed by atoms with Crippen LogP contribution in [-0.4, -0.2) is 50.4 Å². The molecule has 1 aliphatic heterocycles. The van der Waals surface area contributed by atoms with Crippen molar-refractivity contribution in [2.45, 2.75) is 19.8 Å². The highest BCUT2D eigenvalue weighted by atomic mass is 16.2. The molecule has 0 unspecified atom stereocenters. The zero-order valence-electron chi connectivity index (χ0n) is 13.6. The number of anilines is 1. The van der Waals surface area contributed by atoms with Crippen molar-refractivity contribution in [1.29, 1.82) is 0 Å². The molecule has 1 heterocycles. The SMILES string of the molecule is CCc1ccc(N2C[C@@H](C(=O)NCCN(C)C)CC2=O)cc1. The first-order valence-electron chi connectivity index (χ1n) is 7.83. The third-order valence-electron chi connectivity index (χ3n) is 4.01. The van der Waals surface area contributed by atoms with Gasteiger partial charge < -0.3 is 15.1 Å². The van der Waals surface area contributed by atoms with Gasteiger partial charge in [-0.25, -0.2) is 0 Å². The zero-order valence-corrected chi connectivity index (χ0v) is 13.6. The van der Waals surface area contributed by atoms with Crippen molar-refractivity contribution in [2.75, 3.05) is 38.6 Å². The molecule has 0 radical (unpaired) electrons. The lowest BCUT2D eigenvalue weighted by molar-refractivity contribution is -0.126. The quantitative estimate of drug-likeness (QED) is 0.861. The predicted octanol–water partition coefficient (Wildman–Crippen LogP) is 1.28. The van der Waals surface area contributed by atoms with Crippen LogP contribution in [-0.2, 0) is 16.0 Å². The highest BCUT2D eigenvalue weighted by molar-refractivity contribution is 6.00. The lowest BCUT2D eigenvalue weighted by atomic mass is 10.1. The van der Waals surface area contributed by atoms with E-state index in [9.17, 15) is 9.59 Å². The molecule has 2 rings (SSSR count). The normalized spacial score (nSPS) is 18.1. The van der Waals surface area contributed by atoms with Gasteiger partial charge >= 0.3 is 0 Å². The van der Waals surface area contributed by atoms with Crippen LogP contribution < -0.4 is 10.2 Å². The number of carbonyl (C=O) groups excluding carboxylic acids is 2. The minimum absolute atomic E-state index is 0.0250. The first-order chi connectivity index (χ1) is 10.5. The Bertz CT molecular complexity index is 525. The molecule has 1 aromatic rings. The Labute approximate surface area is 132 Å². The standard InChI is InChI=1S/C17H25N3O2/c1-4-13-5-7-15(8-6-13)20-12-14(11-16(20)21)17(22)18-9-10-19(2)3/h5-8,14H,4,9-12H2,1-3H3,(H,18,22)/t14-/m0/s1. The Morgan fingerprint density at radius 1 is 1.32 bits per heavy atom. The molecule has 1 fully saturated rings. The second kappa shape index (κ2) is 7.40. The number of amides is 2. The highest BCUT2D eigenvalue weighted by Crippen LogP contribution is 2.25. The Morgan fingerprint density at radius 3 is 2.59 bits per heavy atom. The van der Waals surface area contributed by atoms with E-state index >= 15 is 0 Å². The van der Waals surface area contributed by atoms with Crippen LogP contribution in [0.15, 0.2) is 24.3 Å². The van der Waals surface area contributed by atoms with Crippen LogP contribution >= 0.6 is 0 Å². The van der Waals surface area contributed by atoms with Gasteiger partial charge in [-0.3, -0.25) is 9.59 Å². The summed E-state index contributed by atoms with van der Waals surface area (Å²) >= 11 is 0. The largest absolute Gasteiger partial charge is 0.355 e. The van der Waals surface area contributed by atoms with Gasteiger partial charge in [-0.2, -0.15) is 0 Å². The second-order valence-electron chi connectivity index (χ2n) is 6.02. The Morgan fingerprint density at radius 2 is 2.00 bits per heavy atom. The van der Waals surface area contributed by atoms with E-state index in [4.69, 9.17) is 0 Å². The maximum Gasteiger partial charge on any atom is 0.227 e. The molecular formula is C17H25N3O2. The third kappa shape index (κ3) is 4.07. The molecule has 2 amide bonds. The number of likely N-dealkylation sites (N-methyl/N-ethyl adjacent to an activating group) is 1. The van der Waals surface area contributed by atoms with Crippen molar-refractivity contribution in [1.82, 2.24) is 10.2 Å². The van der Waals surface area contributed by atoms with Gasteiger partial charge in [0.1, 0.15) is 0 Å². The molecule has 1 atom stereocenters. The fraction of sp³-hybridized carbons (Fsp3) is 0.529. The monoisotopic (exact) mass is 303 g/mol. The summed E-state index contributed by atoms with van der Waals surface area (Å²) in [7, 11) is 3.93. The summed E-state index contributed by atoms with van der Waals surface area (Å²) in [5, 5.41) is 2.91. The van der Waals surface area contributed by atoms with Crippen molar-refractivity contribution in [2.24, 2.45) is 5.92 Å². The molecule has 0 aliphatic carbocycles. The molecule has 0 aromatic heterocycles. The van der Waals surface area contributed by atoms with Crippen LogP contribution in [0.2, 0.25) is 0 Å². The number of benzene rings is 1. The number of hydrogen-bond donors (Lipinski definition) is 1. The van der Waals surface area contributed by atoms with Crippen LogP contribution in [0.25, 0.3) is 0 Å². The number of carbonyl (C=O) groups is 2. The maximum atomic E-state index is 12.2. The number of rotatable bonds is 6. The Balaban J connectivity index is 1.93. The van der Waals surface area contributed by atoms with E-state index < -0.39 is 0 Å². The van der Waals surface area contributed by atoms with Crippen LogP contribution in [0.5, 0.6) is 0 Å². The highest BCUT2D eigenvalue weighted by Gasteiger charge is 2.34. The van der Waals surface area contributed by atoms with Crippen molar-refractivity contribution >= 4 is 17.5 Å². The van der Waals surface area contributed by atoms with Crippen LogP contribution in [0, 0.1) is 5.92 Å². The van der Waals surface area contributed by atoms with Crippen LogP contribution in [0.4, 0.5) is 5.69 Å². The van der Waals surface area contributed by atoms with E-state index in [1.54, 1.807) is 4.90 Å². The summed E-state index contributed by atoms with van der Waals surface area (Å²) in [5.74, 6) is -0.250. The fourth-order valence-electron chi connectivity index (χ4n) is 2.59. The number of hydrogen-bond acceptors (Lipinski definition) is 3. The van der Waals surface area contributed by atoms with E-state index in [0.717, 1.165) is 18.7 Å². The Kier molecular flexibility index (Phi) is 5.55. The summed E-state index contributed by atoms with van der Waals surface area (Å²) in [6.07, 6.45) is 1.27. The number of nitrogens with zero attached hydrogens (tertiary/aromatic N) is 2. The van der Waals surface area contributed by atoms with Gasteiger partial charge in [0.25, 0.3) is 0 Å².